The number of thioether (sulfide) groups is 1. The SMILES string of the molecule is O=C(O)c1ccc(CCN2C(=O)C(=Cc3cc(-c4ccc5c(c4)OCCCO5)ccc3OCCN3CCOCC3)SC2=S)cc1. The van der Waals surface area contributed by atoms with Crippen LogP contribution in [0.5, 0.6) is 17.2 Å². The van der Waals surface area contributed by atoms with Crippen LogP contribution in [-0.2, 0) is 16.0 Å². The number of ether oxygens (including phenoxy) is 4. The van der Waals surface area contributed by atoms with E-state index in [0.29, 0.717) is 47.8 Å². The van der Waals surface area contributed by atoms with Crippen LogP contribution in [0, 0.1) is 0 Å². The highest BCUT2D eigenvalue weighted by molar-refractivity contribution is 8.26. The molecule has 0 bridgehead atoms. The number of nitrogens with zero attached hydrogens (tertiary/aromatic N) is 2. The van der Waals surface area contributed by atoms with E-state index in [4.69, 9.17) is 36.3 Å². The first-order valence-corrected chi connectivity index (χ1v) is 16.2. The maximum absolute atomic E-state index is 13.5. The first-order chi connectivity index (χ1) is 21.9. The van der Waals surface area contributed by atoms with Crippen LogP contribution in [0.15, 0.2) is 65.6 Å². The van der Waals surface area contributed by atoms with Crippen molar-refractivity contribution in [3.8, 4) is 28.4 Å². The van der Waals surface area contributed by atoms with E-state index in [1.807, 2.05) is 42.5 Å². The average Bonchev–Trinajstić information content (AvgIpc) is 3.19. The number of carbonyl (C=O) groups excluding carboxylic acids is 1. The summed E-state index contributed by atoms with van der Waals surface area (Å²) in [6.45, 7) is 6.13. The molecule has 1 amide bonds. The number of aromatic carboxylic acids is 1. The molecule has 6 rings (SSSR count). The van der Waals surface area contributed by atoms with Gasteiger partial charge in [0.1, 0.15) is 16.7 Å². The second-order valence-electron chi connectivity index (χ2n) is 10.9. The molecule has 234 valence electrons. The summed E-state index contributed by atoms with van der Waals surface area (Å²) in [5.41, 5.74) is 3.86. The molecule has 3 aromatic carbocycles. The summed E-state index contributed by atoms with van der Waals surface area (Å²) < 4.78 is 24.0. The van der Waals surface area contributed by atoms with Crippen LogP contribution in [-0.4, -0.2) is 90.3 Å². The number of carboxylic acids is 1. The van der Waals surface area contributed by atoms with Crippen molar-refractivity contribution in [2.45, 2.75) is 12.8 Å². The van der Waals surface area contributed by atoms with E-state index in [-0.39, 0.29) is 11.5 Å². The number of fused-ring (bicyclic) bond motifs is 1. The lowest BCUT2D eigenvalue weighted by Crippen LogP contribution is -2.38. The van der Waals surface area contributed by atoms with E-state index in [2.05, 4.69) is 4.90 Å². The number of morpholine rings is 1. The van der Waals surface area contributed by atoms with E-state index in [1.165, 1.54) is 11.8 Å². The monoisotopic (exact) mass is 646 g/mol. The molecule has 0 atom stereocenters. The molecule has 0 aliphatic carbocycles. The zero-order valence-electron chi connectivity index (χ0n) is 24.7. The second kappa shape index (κ2) is 14.5. The van der Waals surface area contributed by atoms with Gasteiger partial charge in [-0.25, -0.2) is 4.79 Å². The smallest absolute Gasteiger partial charge is 0.335 e. The molecule has 0 unspecified atom stereocenters. The van der Waals surface area contributed by atoms with Gasteiger partial charge in [-0.05, 0) is 65.6 Å². The van der Waals surface area contributed by atoms with Crippen molar-refractivity contribution in [2.75, 3.05) is 59.2 Å². The van der Waals surface area contributed by atoms with Crippen molar-refractivity contribution in [2.24, 2.45) is 0 Å². The Balaban J connectivity index is 1.23. The van der Waals surface area contributed by atoms with Gasteiger partial charge in [-0.2, -0.15) is 0 Å². The van der Waals surface area contributed by atoms with Gasteiger partial charge < -0.3 is 24.1 Å². The Bertz CT molecular complexity index is 1600. The molecule has 0 aromatic heterocycles. The molecule has 0 spiro atoms. The Morgan fingerprint density at radius 2 is 1.67 bits per heavy atom. The number of benzene rings is 3. The quantitative estimate of drug-likeness (QED) is 0.229. The number of carbonyl (C=O) groups is 2. The molecule has 3 heterocycles. The van der Waals surface area contributed by atoms with E-state index < -0.39 is 5.97 Å². The summed E-state index contributed by atoms with van der Waals surface area (Å²) in [6, 6.07) is 18.6. The van der Waals surface area contributed by atoms with Crippen molar-refractivity contribution in [3.05, 3.63) is 82.3 Å². The zero-order valence-corrected chi connectivity index (χ0v) is 26.4. The minimum atomic E-state index is -0.971. The number of hydrogen-bond donors (Lipinski definition) is 1. The summed E-state index contributed by atoms with van der Waals surface area (Å²) >= 11 is 6.88. The van der Waals surface area contributed by atoms with Crippen molar-refractivity contribution >= 4 is 46.3 Å². The predicted octanol–water partition coefficient (Wildman–Crippen LogP) is 5.37. The fraction of sp³-hybridized carbons (Fsp3) is 0.324. The lowest BCUT2D eigenvalue weighted by molar-refractivity contribution is -0.122. The third-order valence-corrected chi connectivity index (χ3v) is 9.22. The van der Waals surface area contributed by atoms with E-state index in [1.54, 1.807) is 29.2 Å². The van der Waals surface area contributed by atoms with Crippen molar-refractivity contribution < 1.29 is 33.6 Å². The van der Waals surface area contributed by atoms with Crippen LogP contribution in [0.3, 0.4) is 0 Å². The Hall–Kier alpha value is -3.90. The molecule has 0 radical (unpaired) electrons. The van der Waals surface area contributed by atoms with Crippen molar-refractivity contribution in [3.63, 3.8) is 0 Å². The number of rotatable bonds is 10. The van der Waals surface area contributed by atoms with Crippen molar-refractivity contribution in [1.29, 1.82) is 0 Å². The van der Waals surface area contributed by atoms with Gasteiger partial charge in [0.15, 0.2) is 11.5 Å². The second-order valence-corrected chi connectivity index (χ2v) is 12.5. The van der Waals surface area contributed by atoms with Crippen LogP contribution >= 0.6 is 24.0 Å². The molecular weight excluding hydrogens is 613 g/mol. The molecule has 2 saturated heterocycles. The van der Waals surface area contributed by atoms with Gasteiger partial charge in [-0.3, -0.25) is 14.6 Å². The summed E-state index contributed by atoms with van der Waals surface area (Å²) in [5, 5.41) is 9.16. The molecule has 45 heavy (non-hydrogen) atoms. The normalized spacial score (nSPS) is 17.9. The summed E-state index contributed by atoms with van der Waals surface area (Å²) in [7, 11) is 0. The largest absolute Gasteiger partial charge is 0.492 e. The zero-order chi connectivity index (χ0) is 31.2. The van der Waals surface area contributed by atoms with Gasteiger partial charge in [0, 0.05) is 38.2 Å². The third kappa shape index (κ3) is 7.67. The molecule has 9 nitrogen and oxygen atoms in total. The topological polar surface area (TPSA) is 97.8 Å². The summed E-state index contributed by atoms with van der Waals surface area (Å²) in [5.74, 6) is 1.01. The highest BCUT2D eigenvalue weighted by atomic mass is 32.2. The highest BCUT2D eigenvalue weighted by Crippen LogP contribution is 2.38. The van der Waals surface area contributed by atoms with Crippen LogP contribution in [0.4, 0.5) is 0 Å². The average molecular weight is 647 g/mol. The van der Waals surface area contributed by atoms with Gasteiger partial charge in [0.25, 0.3) is 5.91 Å². The first kappa shape index (κ1) is 31.1. The minimum absolute atomic E-state index is 0.160. The number of carboxylic acid groups (broad SMARTS) is 1. The van der Waals surface area contributed by atoms with Crippen LogP contribution < -0.4 is 14.2 Å². The van der Waals surface area contributed by atoms with Crippen LogP contribution in [0.2, 0.25) is 0 Å². The molecule has 11 heteroatoms. The molecule has 3 aliphatic rings. The first-order valence-electron chi connectivity index (χ1n) is 15.0. The number of hydrogen-bond acceptors (Lipinski definition) is 9. The molecule has 0 saturated carbocycles. The van der Waals surface area contributed by atoms with Gasteiger partial charge in [-0.1, -0.05) is 48.2 Å². The molecular formula is C34H34N2O7S2. The van der Waals surface area contributed by atoms with Gasteiger partial charge >= 0.3 is 5.97 Å². The maximum Gasteiger partial charge on any atom is 0.335 e. The molecule has 1 N–H and O–H groups in total. The highest BCUT2D eigenvalue weighted by Gasteiger charge is 2.32. The fourth-order valence-corrected chi connectivity index (χ4v) is 6.61. The number of amides is 1. The standard InChI is InChI=1S/C34H34N2O7S2/c37-32-31(45-34(44)36(32)11-10-23-2-4-24(5-3-23)33(38)39)22-27-20-25(26-7-9-29-30(21-26)42-16-1-15-41-29)6-8-28(27)43-19-14-35-12-17-40-18-13-35/h2-9,20-22H,1,10-19H2,(H,38,39). The van der Waals surface area contributed by atoms with E-state index >= 15 is 0 Å². The number of thiocarbonyl (C=S) groups is 1. The van der Waals surface area contributed by atoms with Gasteiger partial charge in [-0.15, -0.1) is 0 Å². The predicted molar refractivity (Wildman–Crippen MR) is 177 cm³/mol. The fourth-order valence-electron chi connectivity index (χ4n) is 5.31. The Kier molecular flexibility index (Phi) is 10.00. The Labute approximate surface area is 271 Å². The lowest BCUT2D eigenvalue weighted by atomic mass is 10.0. The molecule has 2 fully saturated rings. The molecule has 3 aromatic rings. The summed E-state index contributed by atoms with van der Waals surface area (Å²) in [6.07, 6.45) is 3.24. The van der Waals surface area contributed by atoms with Gasteiger partial charge in [0.05, 0.1) is 36.9 Å². The van der Waals surface area contributed by atoms with E-state index in [9.17, 15) is 9.59 Å². The Morgan fingerprint density at radius 3 is 2.44 bits per heavy atom. The third-order valence-electron chi connectivity index (χ3n) is 7.84. The minimum Gasteiger partial charge on any atom is -0.492 e. The Morgan fingerprint density at radius 1 is 0.933 bits per heavy atom. The molecule has 3 aliphatic heterocycles. The maximum atomic E-state index is 13.5. The van der Waals surface area contributed by atoms with Crippen molar-refractivity contribution in [1.82, 2.24) is 9.80 Å². The van der Waals surface area contributed by atoms with E-state index in [0.717, 1.165) is 73.0 Å². The van der Waals surface area contributed by atoms with Crippen LogP contribution in [0.25, 0.3) is 17.2 Å². The lowest BCUT2D eigenvalue weighted by Gasteiger charge is -2.26. The van der Waals surface area contributed by atoms with Gasteiger partial charge in [0.2, 0.25) is 0 Å². The summed E-state index contributed by atoms with van der Waals surface area (Å²) in [4.78, 5) is 29.2. The van der Waals surface area contributed by atoms with Crippen LogP contribution in [0.1, 0.15) is 27.9 Å².